The van der Waals surface area contributed by atoms with Gasteiger partial charge in [-0.2, -0.15) is 0 Å². The van der Waals surface area contributed by atoms with Crippen LogP contribution in [0.3, 0.4) is 0 Å². The predicted molar refractivity (Wildman–Crippen MR) is 132 cm³/mol. The minimum Gasteiger partial charge on any atom is -0.497 e. The Morgan fingerprint density at radius 2 is 1.73 bits per heavy atom. The van der Waals surface area contributed by atoms with Gasteiger partial charge in [0.05, 0.1) is 47.7 Å². The summed E-state index contributed by atoms with van der Waals surface area (Å²) in [6.07, 6.45) is 0. The van der Waals surface area contributed by atoms with Gasteiger partial charge in [0, 0.05) is 16.6 Å². The number of anilines is 2. The van der Waals surface area contributed by atoms with Crippen molar-refractivity contribution in [2.75, 3.05) is 19.1 Å². The molecule has 1 aliphatic heterocycles. The fourth-order valence-corrected chi connectivity index (χ4v) is 4.85. The third-order valence-corrected chi connectivity index (χ3v) is 6.66. The standard InChI is InChI=1S/C24H19BrCl2N2O4/c1-32-16-8-6-14(7-9-16)12-28-13-17-18(25)10-15(23(30)33-2)11-21(17)29(24(28)31)22-19(26)4-3-5-20(22)27/h3-11H,12-13H2,1-2H3. The molecular formula is C24H19BrCl2N2O4. The van der Waals surface area contributed by atoms with Gasteiger partial charge < -0.3 is 14.4 Å². The van der Waals surface area contributed by atoms with Crippen molar-refractivity contribution in [2.45, 2.75) is 13.1 Å². The van der Waals surface area contributed by atoms with Crippen LogP contribution in [0, 0.1) is 0 Å². The third kappa shape index (κ3) is 4.53. The molecule has 1 aliphatic rings. The highest BCUT2D eigenvalue weighted by Crippen LogP contribution is 2.45. The lowest BCUT2D eigenvalue weighted by molar-refractivity contribution is 0.0600. The third-order valence-electron chi connectivity index (χ3n) is 5.34. The van der Waals surface area contributed by atoms with Gasteiger partial charge in [-0.3, -0.25) is 4.90 Å². The molecule has 9 heteroatoms. The molecule has 0 fully saturated rings. The summed E-state index contributed by atoms with van der Waals surface area (Å²) in [4.78, 5) is 29.1. The van der Waals surface area contributed by atoms with E-state index in [9.17, 15) is 9.59 Å². The fraction of sp³-hybridized carbons (Fsp3) is 0.167. The number of carbonyl (C=O) groups is 2. The van der Waals surface area contributed by atoms with Gasteiger partial charge in [-0.25, -0.2) is 9.59 Å². The Morgan fingerprint density at radius 3 is 2.33 bits per heavy atom. The number of benzene rings is 3. The zero-order valence-corrected chi connectivity index (χ0v) is 20.9. The van der Waals surface area contributed by atoms with Gasteiger partial charge in [-0.1, -0.05) is 57.3 Å². The highest BCUT2D eigenvalue weighted by Gasteiger charge is 2.35. The van der Waals surface area contributed by atoms with E-state index in [0.717, 1.165) is 16.9 Å². The molecular weight excluding hydrogens is 531 g/mol. The summed E-state index contributed by atoms with van der Waals surface area (Å²) >= 11 is 16.5. The number of esters is 1. The summed E-state index contributed by atoms with van der Waals surface area (Å²) in [5.74, 6) is 0.216. The van der Waals surface area contributed by atoms with Crippen LogP contribution in [-0.2, 0) is 17.8 Å². The number of fused-ring (bicyclic) bond motifs is 1. The first-order valence-corrected chi connectivity index (χ1v) is 11.5. The Morgan fingerprint density at radius 1 is 1.06 bits per heavy atom. The second-order valence-corrected chi connectivity index (χ2v) is 9.01. The minimum atomic E-state index is -0.517. The second-order valence-electron chi connectivity index (χ2n) is 7.34. The number of amides is 2. The lowest BCUT2D eigenvalue weighted by atomic mass is 10.0. The number of urea groups is 1. The van der Waals surface area contributed by atoms with Crippen molar-refractivity contribution in [3.8, 4) is 5.75 Å². The molecule has 3 aromatic carbocycles. The average Bonchev–Trinajstić information content (AvgIpc) is 2.81. The van der Waals surface area contributed by atoms with E-state index in [2.05, 4.69) is 15.9 Å². The van der Waals surface area contributed by atoms with Gasteiger partial charge in [-0.05, 0) is 42.0 Å². The van der Waals surface area contributed by atoms with Crippen molar-refractivity contribution in [1.29, 1.82) is 0 Å². The quantitative estimate of drug-likeness (QED) is 0.327. The highest BCUT2D eigenvalue weighted by atomic mass is 79.9. The fourth-order valence-electron chi connectivity index (χ4n) is 3.71. The van der Waals surface area contributed by atoms with Crippen LogP contribution in [0.5, 0.6) is 5.75 Å². The molecule has 0 aliphatic carbocycles. The molecule has 33 heavy (non-hydrogen) atoms. The van der Waals surface area contributed by atoms with Crippen LogP contribution < -0.4 is 9.64 Å². The lowest BCUT2D eigenvalue weighted by Gasteiger charge is -2.38. The van der Waals surface area contributed by atoms with Crippen molar-refractivity contribution in [3.05, 3.63) is 85.8 Å². The summed E-state index contributed by atoms with van der Waals surface area (Å²) in [5.41, 5.74) is 2.90. The van der Waals surface area contributed by atoms with Gasteiger partial charge in [0.25, 0.3) is 0 Å². The van der Waals surface area contributed by atoms with E-state index in [1.165, 1.54) is 12.0 Å². The zero-order chi connectivity index (χ0) is 23.7. The molecule has 0 unspecified atom stereocenters. The highest BCUT2D eigenvalue weighted by molar-refractivity contribution is 9.10. The number of ether oxygens (including phenoxy) is 2. The molecule has 6 nitrogen and oxygen atoms in total. The van der Waals surface area contributed by atoms with Crippen LogP contribution in [0.1, 0.15) is 21.5 Å². The lowest BCUT2D eigenvalue weighted by Crippen LogP contribution is -2.44. The summed E-state index contributed by atoms with van der Waals surface area (Å²) in [6, 6.07) is 15.5. The van der Waals surface area contributed by atoms with Gasteiger partial charge in [-0.15, -0.1) is 0 Å². The molecule has 0 bridgehead atoms. The van der Waals surface area contributed by atoms with E-state index in [-0.39, 0.29) is 6.03 Å². The number of hydrogen-bond acceptors (Lipinski definition) is 4. The maximum absolute atomic E-state index is 13.8. The van der Waals surface area contributed by atoms with Crippen LogP contribution >= 0.6 is 39.1 Å². The van der Waals surface area contributed by atoms with E-state index >= 15 is 0 Å². The first-order chi connectivity index (χ1) is 15.8. The van der Waals surface area contributed by atoms with E-state index in [1.807, 2.05) is 24.3 Å². The molecule has 1 heterocycles. The van der Waals surface area contributed by atoms with Crippen LogP contribution in [0.2, 0.25) is 10.0 Å². The smallest absolute Gasteiger partial charge is 0.337 e. The van der Waals surface area contributed by atoms with Crippen LogP contribution in [0.25, 0.3) is 0 Å². The molecule has 4 rings (SSSR count). The van der Waals surface area contributed by atoms with Crippen molar-refractivity contribution >= 4 is 62.5 Å². The average molecular weight is 550 g/mol. The molecule has 0 radical (unpaired) electrons. The Hall–Kier alpha value is -2.74. The van der Waals surface area contributed by atoms with Gasteiger partial charge >= 0.3 is 12.0 Å². The molecule has 0 atom stereocenters. The minimum absolute atomic E-state index is 0.299. The predicted octanol–water partition coefficient (Wildman–Crippen LogP) is 6.83. The molecule has 0 saturated carbocycles. The van der Waals surface area contributed by atoms with E-state index in [0.29, 0.717) is 44.5 Å². The van der Waals surface area contributed by atoms with Gasteiger partial charge in [0.1, 0.15) is 5.75 Å². The number of carbonyl (C=O) groups excluding carboxylic acids is 2. The van der Waals surface area contributed by atoms with E-state index < -0.39 is 5.97 Å². The van der Waals surface area contributed by atoms with E-state index in [1.54, 1.807) is 42.3 Å². The molecule has 0 spiro atoms. The number of methoxy groups -OCH3 is 2. The van der Waals surface area contributed by atoms with Crippen molar-refractivity contribution in [1.82, 2.24) is 4.90 Å². The Labute approximate surface area is 209 Å². The maximum Gasteiger partial charge on any atom is 0.337 e. The number of hydrogen-bond donors (Lipinski definition) is 0. The Kier molecular flexibility index (Phi) is 6.83. The second kappa shape index (κ2) is 9.63. The summed E-state index contributed by atoms with van der Waals surface area (Å²) in [5, 5.41) is 0.625. The first-order valence-electron chi connectivity index (χ1n) is 9.90. The normalized spacial score (nSPS) is 13.1. The van der Waals surface area contributed by atoms with Gasteiger partial charge in [0.15, 0.2) is 0 Å². The van der Waals surface area contributed by atoms with Crippen LogP contribution in [0.15, 0.2) is 59.1 Å². The topological polar surface area (TPSA) is 59.1 Å². The molecule has 2 amide bonds. The summed E-state index contributed by atoms with van der Waals surface area (Å²) < 4.78 is 10.8. The molecule has 170 valence electrons. The molecule has 3 aromatic rings. The van der Waals surface area contributed by atoms with Crippen molar-refractivity contribution < 1.29 is 19.1 Å². The Balaban J connectivity index is 1.84. The van der Waals surface area contributed by atoms with Crippen molar-refractivity contribution in [2.24, 2.45) is 0 Å². The SMILES string of the molecule is COC(=O)c1cc(Br)c2c(c1)N(c1c(Cl)cccc1Cl)C(=O)N(Cc1ccc(OC)cc1)C2. The number of nitrogens with zero attached hydrogens (tertiary/aromatic N) is 2. The zero-order valence-electron chi connectivity index (χ0n) is 17.8. The van der Waals surface area contributed by atoms with E-state index in [4.69, 9.17) is 32.7 Å². The molecule has 0 saturated heterocycles. The number of rotatable bonds is 5. The van der Waals surface area contributed by atoms with Gasteiger partial charge in [0.2, 0.25) is 0 Å². The molecule has 0 aromatic heterocycles. The number of para-hydroxylation sites is 1. The largest absolute Gasteiger partial charge is 0.497 e. The Bertz CT molecular complexity index is 1210. The van der Waals surface area contributed by atoms with Crippen LogP contribution in [0.4, 0.5) is 16.2 Å². The first kappa shape index (κ1) is 23.4. The maximum atomic E-state index is 13.8. The summed E-state index contributed by atoms with van der Waals surface area (Å²) in [6.45, 7) is 0.673. The monoisotopic (exact) mass is 548 g/mol. The van der Waals surface area contributed by atoms with Crippen molar-refractivity contribution in [3.63, 3.8) is 0 Å². The molecule has 0 N–H and O–H groups in total. The van der Waals surface area contributed by atoms with Crippen LogP contribution in [-0.4, -0.2) is 31.1 Å². The number of halogens is 3. The summed E-state index contributed by atoms with van der Waals surface area (Å²) in [7, 11) is 2.91.